The number of nitrogens with zero attached hydrogens (tertiary/aromatic N) is 3. The SMILES string of the molecule is CC1COC(CNC(=O)C(F)(F)F)(c2nc(-c3ccc(F)cc3)c(-c3ccnc(S(C)(=O)=O)n3)[nH]2)OC1. The summed E-state index contributed by atoms with van der Waals surface area (Å²) in [5.74, 6) is -4.88. The van der Waals surface area contributed by atoms with E-state index in [0.29, 0.717) is 5.56 Å². The minimum atomic E-state index is -5.14. The lowest BCUT2D eigenvalue weighted by molar-refractivity contribution is -0.291. The molecule has 3 heterocycles. The number of halogens is 4. The normalized spacial score (nSPS) is 20.5. The number of carbonyl (C=O) groups is 1. The van der Waals surface area contributed by atoms with Gasteiger partial charge in [0.05, 0.1) is 36.8 Å². The zero-order chi connectivity index (χ0) is 27.0. The van der Waals surface area contributed by atoms with Gasteiger partial charge in [-0.1, -0.05) is 6.92 Å². The van der Waals surface area contributed by atoms with Crippen LogP contribution in [0.15, 0.2) is 41.7 Å². The van der Waals surface area contributed by atoms with Gasteiger partial charge in [0.2, 0.25) is 20.8 Å². The molecule has 4 rings (SSSR count). The molecule has 1 amide bonds. The van der Waals surface area contributed by atoms with Gasteiger partial charge in [-0.2, -0.15) is 13.2 Å². The van der Waals surface area contributed by atoms with E-state index in [2.05, 4.69) is 19.9 Å². The van der Waals surface area contributed by atoms with Crippen LogP contribution in [0.25, 0.3) is 22.6 Å². The molecule has 0 bridgehead atoms. The Bertz CT molecular complexity index is 1400. The van der Waals surface area contributed by atoms with Crippen LogP contribution in [0.3, 0.4) is 0 Å². The smallest absolute Gasteiger partial charge is 0.342 e. The number of hydrogen-bond acceptors (Lipinski definition) is 8. The summed E-state index contributed by atoms with van der Waals surface area (Å²) < 4.78 is 87.7. The van der Waals surface area contributed by atoms with E-state index < -0.39 is 45.2 Å². The lowest BCUT2D eigenvalue weighted by atomic mass is 10.1. The van der Waals surface area contributed by atoms with Crippen molar-refractivity contribution in [2.24, 2.45) is 5.92 Å². The van der Waals surface area contributed by atoms with Crippen molar-refractivity contribution >= 4 is 15.7 Å². The molecule has 1 saturated heterocycles. The first-order valence-corrected chi connectivity index (χ1v) is 12.7. The quantitative estimate of drug-likeness (QED) is 0.358. The Hall–Kier alpha value is -3.43. The molecule has 3 aromatic rings. The van der Waals surface area contributed by atoms with Crippen molar-refractivity contribution in [3.8, 4) is 22.6 Å². The van der Waals surface area contributed by atoms with Gasteiger partial charge in [-0.25, -0.2) is 27.8 Å². The molecular formula is C22H21F4N5O5S. The van der Waals surface area contributed by atoms with E-state index in [-0.39, 0.29) is 42.0 Å². The number of sulfone groups is 1. The second-order valence-electron chi connectivity index (χ2n) is 8.47. The van der Waals surface area contributed by atoms with Gasteiger partial charge in [-0.3, -0.25) is 4.79 Å². The van der Waals surface area contributed by atoms with Crippen LogP contribution in [0.1, 0.15) is 12.7 Å². The van der Waals surface area contributed by atoms with E-state index in [4.69, 9.17) is 9.47 Å². The van der Waals surface area contributed by atoms with Gasteiger partial charge in [0.15, 0.2) is 5.82 Å². The summed E-state index contributed by atoms with van der Waals surface area (Å²) in [5, 5.41) is 1.29. The largest absolute Gasteiger partial charge is 0.471 e. The van der Waals surface area contributed by atoms with E-state index in [9.17, 15) is 30.8 Å². The van der Waals surface area contributed by atoms with Crippen molar-refractivity contribution in [3.05, 3.63) is 48.2 Å². The molecule has 1 aliphatic heterocycles. The maximum absolute atomic E-state index is 13.6. The van der Waals surface area contributed by atoms with Gasteiger partial charge in [0.25, 0.3) is 0 Å². The van der Waals surface area contributed by atoms with E-state index in [1.54, 1.807) is 12.2 Å². The molecule has 0 radical (unpaired) electrons. The van der Waals surface area contributed by atoms with E-state index in [0.717, 1.165) is 6.26 Å². The molecule has 10 nitrogen and oxygen atoms in total. The second-order valence-corrected chi connectivity index (χ2v) is 10.4. The molecule has 2 aromatic heterocycles. The first kappa shape index (κ1) is 26.6. The Morgan fingerprint density at radius 1 is 1.16 bits per heavy atom. The average Bonchev–Trinajstić information content (AvgIpc) is 3.29. The van der Waals surface area contributed by atoms with Gasteiger partial charge in [0, 0.05) is 23.9 Å². The molecule has 1 aromatic carbocycles. The second kappa shape index (κ2) is 9.79. The summed E-state index contributed by atoms with van der Waals surface area (Å²) in [4.78, 5) is 26.7. The number of alkyl halides is 3. The van der Waals surface area contributed by atoms with E-state index >= 15 is 0 Å². The molecule has 37 heavy (non-hydrogen) atoms. The fourth-order valence-corrected chi connectivity index (χ4v) is 3.99. The van der Waals surface area contributed by atoms with Crippen molar-refractivity contribution in [2.75, 3.05) is 26.0 Å². The Kier molecular flexibility index (Phi) is 7.05. The van der Waals surface area contributed by atoms with Crippen LogP contribution in [-0.2, 0) is 29.9 Å². The van der Waals surface area contributed by atoms with E-state index in [1.165, 1.54) is 36.5 Å². The summed E-state index contributed by atoms with van der Waals surface area (Å²) in [7, 11) is -3.79. The highest BCUT2D eigenvalue weighted by Gasteiger charge is 2.46. The first-order valence-electron chi connectivity index (χ1n) is 10.8. The minimum absolute atomic E-state index is 0.0761. The monoisotopic (exact) mass is 543 g/mol. The molecule has 0 spiro atoms. The van der Waals surface area contributed by atoms with Crippen molar-refractivity contribution < 1.29 is 40.2 Å². The molecule has 0 atom stereocenters. The molecule has 198 valence electrons. The Morgan fingerprint density at radius 3 is 2.41 bits per heavy atom. The van der Waals surface area contributed by atoms with Crippen LogP contribution < -0.4 is 5.32 Å². The number of H-pyrrole nitrogens is 1. The summed E-state index contributed by atoms with van der Waals surface area (Å²) in [6.07, 6.45) is -3.00. The van der Waals surface area contributed by atoms with E-state index in [1.807, 2.05) is 0 Å². The fraction of sp³-hybridized carbons (Fsp3) is 0.364. The molecule has 1 fully saturated rings. The Morgan fingerprint density at radius 2 is 1.81 bits per heavy atom. The number of aromatic amines is 1. The third-order valence-corrected chi connectivity index (χ3v) is 6.20. The number of amides is 1. The molecular weight excluding hydrogens is 522 g/mol. The number of carbonyl (C=O) groups excluding carboxylic acids is 1. The number of hydrogen-bond donors (Lipinski definition) is 2. The van der Waals surface area contributed by atoms with Gasteiger partial charge in [0.1, 0.15) is 5.82 Å². The highest BCUT2D eigenvalue weighted by Crippen LogP contribution is 2.36. The van der Waals surface area contributed by atoms with Crippen LogP contribution in [0.5, 0.6) is 0 Å². The number of imidazole rings is 1. The zero-order valence-corrected chi connectivity index (χ0v) is 20.3. The number of ether oxygens (including phenoxy) is 2. The van der Waals surface area contributed by atoms with Crippen molar-refractivity contribution in [2.45, 2.75) is 24.0 Å². The van der Waals surface area contributed by atoms with Crippen molar-refractivity contribution in [1.82, 2.24) is 25.3 Å². The number of benzene rings is 1. The van der Waals surface area contributed by atoms with Crippen LogP contribution in [0.4, 0.5) is 17.6 Å². The summed E-state index contributed by atoms with van der Waals surface area (Å²) in [6.45, 7) is 1.21. The first-order chi connectivity index (χ1) is 17.3. The topological polar surface area (TPSA) is 136 Å². The molecule has 2 N–H and O–H groups in total. The van der Waals surface area contributed by atoms with Gasteiger partial charge in [-0.05, 0) is 30.3 Å². The third kappa shape index (κ3) is 5.78. The Balaban J connectivity index is 1.85. The maximum Gasteiger partial charge on any atom is 0.471 e. The predicted molar refractivity (Wildman–Crippen MR) is 120 cm³/mol. The minimum Gasteiger partial charge on any atom is -0.342 e. The van der Waals surface area contributed by atoms with Crippen LogP contribution in [0.2, 0.25) is 0 Å². The lowest BCUT2D eigenvalue weighted by Crippen LogP contribution is -2.52. The van der Waals surface area contributed by atoms with Crippen LogP contribution in [0, 0.1) is 11.7 Å². The van der Waals surface area contributed by atoms with Crippen LogP contribution >= 0.6 is 0 Å². The summed E-state index contributed by atoms with van der Waals surface area (Å²) in [6, 6.07) is 6.54. The lowest BCUT2D eigenvalue weighted by Gasteiger charge is -2.37. The third-order valence-electron chi connectivity index (χ3n) is 5.34. The predicted octanol–water partition coefficient (Wildman–Crippen LogP) is 2.59. The van der Waals surface area contributed by atoms with Gasteiger partial charge >= 0.3 is 12.1 Å². The number of aromatic nitrogens is 4. The molecule has 15 heteroatoms. The maximum atomic E-state index is 13.6. The van der Waals surface area contributed by atoms with Gasteiger partial charge < -0.3 is 19.8 Å². The van der Waals surface area contributed by atoms with Crippen molar-refractivity contribution in [3.63, 3.8) is 0 Å². The molecule has 0 unspecified atom stereocenters. The standard InChI is InChI=1S/C22H21F4N5O5S/c1-12-9-35-21(36-10-12,11-28-19(32)22(24,25)26)18-30-16(13-3-5-14(23)6-4-13)17(31-18)15-7-8-27-20(29-15)37(2,33)34/h3-8,12H,9-11H2,1-2H3,(H,28,32)(H,30,31). The highest BCUT2D eigenvalue weighted by molar-refractivity contribution is 7.90. The summed E-state index contributed by atoms with van der Waals surface area (Å²) >= 11 is 0. The van der Waals surface area contributed by atoms with Crippen molar-refractivity contribution in [1.29, 1.82) is 0 Å². The number of nitrogens with one attached hydrogen (secondary N) is 2. The van der Waals surface area contributed by atoms with Crippen LogP contribution in [-0.4, -0.2) is 66.5 Å². The highest BCUT2D eigenvalue weighted by atomic mass is 32.2. The Labute approximate surface area is 208 Å². The zero-order valence-electron chi connectivity index (χ0n) is 19.5. The van der Waals surface area contributed by atoms with Gasteiger partial charge in [-0.15, -0.1) is 0 Å². The molecule has 0 aliphatic carbocycles. The average molecular weight is 543 g/mol. The molecule has 1 aliphatic rings. The fourth-order valence-electron chi connectivity index (χ4n) is 3.48. The summed E-state index contributed by atoms with van der Waals surface area (Å²) in [5.41, 5.74) is 0.742. The number of rotatable bonds is 6. The molecule has 0 saturated carbocycles.